The fourth-order valence-corrected chi connectivity index (χ4v) is 3.84. The predicted octanol–water partition coefficient (Wildman–Crippen LogP) is 4.09. The lowest BCUT2D eigenvalue weighted by Crippen LogP contribution is -2.66. The van der Waals surface area contributed by atoms with Gasteiger partial charge in [-0.15, -0.1) is 0 Å². The second-order valence-corrected chi connectivity index (χ2v) is 8.38. The first-order valence-corrected chi connectivity index (χ1v) is 7.96. The standard InChI is InChI=1S/C18H27BO/c1-16(2)11-7-8-13-12-14(9-10-15(13)16)19-17(3,4)18(5,6)20-19/h9-10,12H,7-8,11H2,1-6H3. The summed E-state index contributed by atoms with van der Waals surface area (Å²) in [7, 11) is 0. The molecule has 108 valence electrons. The van der Waals surface area contributed by atoms with Crippen LogP contribution in [0, 0.1) is 0 Å². The van der Waals surface area contributed by atoms with Crippen LogP contribution in [0.1, 0.15) is 65.5 Å². The lowest BCUT2D eigenvalue weighted by atomic mass is 9.33. The Morgan fingerprint density at radius 2 is 1.75 bits per heavy atom. The van der Waals surface area contributed by atoms with Gasteiger partial charge in [0.15, 0.2) is 0 Å². The Balaban J connectivity index is 1.95. The molecule has 1 aliphatic carbocycles. The maximum absolute atomic E-state index is 6.17. The van der Waals surface area contributed by atoms with Crippen molar-refractivity contribution >= 4 is 12.4 Å². The average Bonchev–Trinajstić information content (AvgIpc) is 2.35. The molecule has 0 N–H and O–H groups in total. The van der Waals surface area contributed by atoms with E-state index in [1.807, 2.05) is 0 Å². The third-order valence-electron chi connectivity index (χ3n) is 6.03. The van der Waals surface area contributed by atoms with Gasteiger partial charge in [0.1, 0.15) is 0 Å². The van der Waals surface area contributed by atoms with Gasteiger partial charge in [-0.3, -0.25) is 0 Å². The molecular formula is C18H27BO. The van der Waals surface area contributed by atoms with Crippen LogP contribution in [0.3, 0.4) is 0 Å². The van der Waals surface area contributed by atoms with Gasteiger partial charge in [-0.05, 0) is 55.1 Å². The molecule has 1 fully saturated rings. The van der Waals surface area contributed by atoms with Gasteiger partial charge in [0, 0.05) is 10.9 Å². The molecule has 1 saturated heterocycles. The van der Waals surface area contributed by atoms with E-state index in [1.165, 1.54) is 24.7 Å². The molecule has 0 saturated carbocycles. The summed E-state index contributed by atoms with van der Waals surface area (Å²) in [5.74, 6) is 0. The number of aryl methyl sites for hydroxylation is 1. The molecule has 0 unspecified atom stereocenters. The number of benzene rings is 1. The van der Waals surface area contributed by atoms with Gasteiger partial charge in [-0.25, -0.2) is 0 Å². The first kappa shape index (κ1) is 14.2. The summed E-state index contributed by atoms with van der Waals surface area (Å²) in [4.78, 5) is 0. The third-order valence-corrected chi connectivity index (χ3v) is 6.03. The molecular weight excluding hydrogens is 243 g/mol. The molecule has 2 heteroatoms. The second-order valence-electron chi connectivity index (χ2n) is 8.38. The van der Waals surface area contributed by atoms with E-state index >= 15 is 0 Å². The van der Waals surface area contributed by atoms with Crippen LogP contribution >= 0.6 is 0 Å². The topological polar surface area (TPSA) is 9.23 Å². The molecule has 0 atom stereocenters. The SMILES string of the molecule is CC1(C)CCCc2cc(B3OC(C)(C)C3(C)C)ccc21. The van der Waals surface area contributed by atoms with Crippen molar-refractivity contribution in [2.75, 3.05) is 0 Å². The summed E-state index contributed by atoms with van der Waals surface area (Å²) in [5.41, 5.74) is 4.77. The van der Waals surface area contributed by atoms with Crippen molar-refractivity contribution in [2.45, 2.75) is 77.1 Å². The van der Waals surface area contributed by atoms with Crippen molar-refractivity contribution in [2.24, 2.45) is 0 Å². The minimum atomic E-state index is -0.0210. The predicted molar refractivity (Wildman–Crippen MR) is 87.0 cm³/mol. The largest absolute Gasteiger partial charge is 0.425 e. The molecule has 1 aliphatic heterocycles. The molecule has 0 spiro atoms. The molecule has 1 aromatic carbocycles. The van der Waals surface area contributed by atoms with Crippen LogP contribution in [-0.2, 0) is 16.5 Å². The van der Waals surface area contributed by atoms with E-state index in [-0.39, 0.29) is 17.8 Å². The molecule has 0 bridgehead atoms. The highest BCUT2D eigenvalue weighted by Crippen LogP contribution is 2.53. The van der Waals surface area contributed by atoms with Crippen molar-refractivity contribution in [3.63, 3.8) is 0 Å². The van der Waals surface area contributed by atoms with Gasteiger partial charge in [-0.1, -0.05) is 45.9 Å². The fourth-order valence-electron chi connectivity index (χ4n) is 3.84. The van der Waals surface area contributed by atoms with Crippen LogP contribution < -0.4 is 5.46 Å². The van der Waals surface area contributed by atoms with Gasteiger partial charge in [0.25, 0.3) is 0 Å². The zero-order valence-corrected chi connectivity index (χ0v) is 13.8. The summed E-state index contributed by atoms with van der Waals surface area (Å²) in [5, 5.41) is 0.200. The van der Waals surface area contributed by atoms with Gasteiger partial charge in [0.05, 0.1) is 0 Å². The fraction of sp³-hybridized carbons (Fsp3) is 0.667. The molecule has 2 aliphatic rings. The minimum Gasteiger partial charge on any atom is -0.425 e. The third kappa shape index (κ3) is 1.88. The van der Waals surface area contributed by atoms with E-state index in [0.717, 1.165) is 0 Å². The molecule has 1 nitrogen and oxygen atoms in total. The molecule has 1 heterocycles. The van der Waals surface area contributed by atoms with E-state index < -0.39 is 0 Å². The Bertz CT molecular complexity index is 542. The lowest BCUT2D eigenvalue weighted by molar-refractivity contribution is -0.00940. The number of hydrogen-bond donors (Lipinski definition) is 0. The number of hydrogen-bond acceptors (Lipinski definition) is 1. The smallest absolute Gasteiger partial charge is 0.335 e. The first-order valence-electron chi connectivity index (χ1n) is 7.96. The lowest BCUT2D eigenvalue weighted by Gasteiger charge is -2.57. The van der Waals surface area contributed by atoms with Crippen molar-refractivity contribution in [3.8, 4) is 0 Å². The van der Waals surface area contributed by atoms with Gasteiger partial charge >= 0.3 is 6.92 Å². The van der Waals surface area contributed by atoms with E-state index in [9.17, 15) is 0 Å². The molecule has 1 aromatic rings. The van der Waals surface area contributed by atoms with Crippen LogP contribution in [0.5, 0.6) is 0 Å². The van der Waals surface area contributed by atoms with Gasteiger partial charge in [-0.2, -0.15) is 0 Å². The summed E-state index contributed by atoms with van der Waals surface area (Å²) < 4.78 is 6.17. The van der Waals surface area contributed by atoms with E-state index in [2.05, 4.69) is 59.7 Å². The van der Waals surface area contributed by atoms with Crippen LogP contribution in [0.2, 0.25) is 5.31 Å². The van der Waals surface area contributed by atoms with Gasteiger partial charge in [0.2, 0.25) is 0 Å². The van der Waals surface area contributed by atoms with Crippen LogP contribution in [0.25, 0.3) is 0 Å². The van der Waals surface area contributed by atoms with Crippen LogP contribution in [0.15, 0.2) is 18.2 Å². The highest BCUT2D eigenvalue weighted by molar-refractivity contribution is 6.73. The van der Waals surface area contributed by atoms with E-state index in [1.54, 1.807) is 11.1 Å². The number of fused-ring (bicyclic) bond motifs is 1. The molecule has 0 aromatic heterocycles. The Morgan fingerprint density at radius 3 is 2.35 bits per heavy atom. The normalized spacial score (nSPS) is 25.8. The van der Waals surface area contributed by atoms with Gasteiger partial charge < -0.3 is 4.65 Å². The molecule has 0 radical (unpaired) electrons. The summed E-state index contributed by atoms with van der Waals surface area (Å²) in [6.07, 6.45) is 3.84. The summed E-state index contributed by atoms with van der Waals surface area (Å²) >= 11 is 0. The van der Waals surface area contributed by atoms with Crippen molar-refractivity contribution < 1.29 is 4.65 Å². The minimum absolute atomic E-state index is 0.0210. The Labute approximate surface area is 124 Å². The van der Waals surface area contributed by atoms with Crippen LogP contribution in [-0.4, -0.2) is 12.5 Å². The summed E-state index contributed by atoms with van der Waals surface area (Å²) in [6.45, 7) is 14.0. The Kier molecular flexibility index (Phi) is 2.93. The number of rotatable bonds is 1. The van der Waals surface area contributed by atoms with Crippen molar-refractivity contribution in [1.29, 1.82) is 0 Å². The zero-order chi connectivity index (χ0) is 14.8. The quantitative estimate of drug-likeness (QED) is 0.698. The van der Waals surface area contributed by atoms with Crippen LogP contribution in [0.4, 0.5) is 0 Å². The highest BCUT2D eigenvalue weighted by Gasteiger charge is 2.59. The van der Waals surface area contributed by atoms with Crippen molar-refractivity contribution in [3.05, 3.63) is 29.3 Å². The second kappa shape index (κ2) is 4.13. The van der Waals surface area contributed by atoms with E-state index in [4.69, 9.17) is 4.65 Å². The summed E-state index contributed by atoms with van der Waals surface area (Å²) in [6, 6.07) is 7.07. The molecule has 20 heavy (non-hydrogen) atoms. The monoisotopic (exact) mass is 270 g/mol. The first-order chi connectivity index (χ1) is 9.15. The Hall–Kier alpha value is -0.755. The highest BCUT2D eigenvalue weighted by atomic mass is 16.5. The van der Waals surface area contributed by atoms with E-state index in [0.29, 0.717) is 5.41 Å². The molecule has 0 amide bonds. The maximum Gasteiger partial charge on any atom is 0.335 e. The average molecular weight is 270 g/mol. The Morgan fingerprint density at radius 1 is 1.05 bits per heavy atom. The zero-order valence-electron chi connectivity index (χ0n) is 13.8. The van der Waals surface area contributed by atoms with Crippen molar-refractivity contribution in [1.82, 2.24) is 0 Å². The maximum atomic E-state index is 6.17. The molecule has 3 rings (SSSR count).